The molecule has 4 nitrogen and oxygen atoms in total. The number of rotatable bonds is 3. The van der Waals surface area contributed by atoms with Crippen LogP contribution in [0.4, 0.5) is 0 Å². The Morgan fingerprint density at radius 1 is 1.67 bits per heavy atom. The smallest absolute Gasteiger partial charge is 0.304 e. The van der Waals surface area contributed by atoms with E-state index in [9.17, 15) is 4.79 Å². The van der Waals surface area contributed by atoms with Gasteiger partial charge in [-0.15, -0.1) is 0 Å². The molecule has 1 aliphatic heterocycles. The molecule has 4 heteroatoms. The molecule has 0 aromatic rings. The van der Waals surface area contributed by atoms with Gasteiger partial charge in [-0.1, -0.05) is 0 Å². The summed E-state index contributed by atoms with van der Waals surface area (Å²) in [6.45, 7) is 1.55. The molecule has 0 spiro atoms. The van der Waals surface area contributed by atoms with Gasteiger partial charge in [0.2, 0.25) is 0 Å². The predicted molar refractivity (Wildman–Crippen MR) is 43.9 cm³/mol. The first-order chi connectivity index (χ1) is 5.58. The summed E-state index contributed by atoms with van der Waals surface area (Å²) >= 11 is 0. The van der Waals surface area contributed by atoms with Crippen LogP contribution in [0.25, 0.3) is 0 Å². The Kier molecular flexibility index (Phi) is 2.69. The molecule has 0 aromatic heterocycles. The van der Waals surface area contributed by atoms with Gasteiger partial charge in [0, 0.05) is 12.0 Å². The van der Waals surface area contributed by atoms with E-state index in [2.05, 4.69) is 4.90 Å². The third-order valence-corrected chi connectivity index (χ3v) is 2.49. The molecule has 12 heavy (non-hydrogen) atoms. The van der Waals surface area contributed by atoms with Crippen molar-refractivity contribution in [2.24, 2.45) is 5.41 Å². The summed E-state index contributed by atoms with van der Waals surface area (Å²) in [5.41, 5.74) is -0.388. The maximum Gasteiger partial charge on any atom is 0.304 e. The van der Waals surface area contributed by atoms with Crippen molar-refractivity contribution in [3.63, 3.8) is 0 Å². The number of carboxylic acid groups (broad SMARTS) is 1. The lowest BCUT2D eigenvalue weighted by atomic mass is 9.85. The fourth-order valence-electron chi connectivity index (χ4n) is 1.81. The number of aliphatic hydroxyl groups excluding tert-OH is 1. The molecule has 0 amide bonds. The SMILES string of the molecule is CN1CCC(CO)(CC(=O)O)C1. The van der Waals surface area contributed by atoms with Gasteiger partial charge in [0.1, 0.15) is 0 Å². The van der Waals surface area contributed by atoms with Crippen molar-refractivity contribution >= 4 is 5.97 Å². The van der Waals surface area contributed by atoms with Gasteiger partial charge in [0.25, 0.3) is 0 Å². The number of aliphatic carboxylic acids is 1. The summed E-state index contributed by atoms with van der Waals surface area (Å²) in [6.07, 6.45) is 0.861. The lowest BCUT2D eigenvalue weighted by molar-refractivity contribution is -0.140. The van der Waals surface area contributed by atoms with E-state index in [4.69, 9.17) is 10.2 Å². The van der Waals surface area contributed by atoms with Crippen molar-refractivity contribution in [2.45, 2.75) is 12.8 Å². The van der Waals surface area contributed by atoms with Gasteiger partial charge in [0.05, 0.1) is 13.0 Å². The highest BCUT2D eigenvalue weighted by molar-refractivity contribution is 5.67. The van der Waals surface area contributed by atoms with E-state index in [0.717, 1.165) is 13.0 Å². The van der Waals surface area contributed by atoms with E-state index >= 15 is 0 Å². The van der Waals surface area contributed by atoms with Crippen molar-refractivity contribution < 1.29 is 15.0 Å². The van der Waals surface area contributed by atoms with Crippen molar-refractivity contribution in [3.8, 4) is 0 Å². The zero-order valence-corrected chi connectivity index (χ0v) is 7.29. The molecule has 1 aliphatic rings. The van der Waals surface area contributed by atoms with Gasteiger partial charge in [-0.25, -0.2) is 0 Å². The second-order valence-electron chi connectivity index (χ2n) is 3.72. The Bertz CT molecular complexity index is 183. The van der Waals surface area contributed by atoms with Crippen molar-refractivity contribution in [3.05, 3.63) is 0 Å². The first kappa shape index (κ1) is 9.48. The molecule has 0 aromatic carbocycles. The Balaban J connectivity index is 2.58. The molecule has 1 rings (SSSR count). The van der Waals surface area contributed by atoms with Crippen LogP contribution in [0.1, 0.15) is 12.8 Å². The molecule has 1 fully saturated rings. The van der Waals surface area contributed by atoms with Crippen molar-refractivity contribution in [2.75, 3.05) is 26.7 Å². The Labute approximate surface area is 71.8 Å². The van der Waals surface area contributed by atoms with Gasteiger partial charge < -0.3 is 15.1 Å². The Morgan fingerprint density at radius 2 is 2.33 bits per heavy atom. The second kappa shape index (κ2) is 3.41. The minimum atomic E-state index is -0.820. The number of aliphatic hydroxyl groups is 1. The minimum Gasteiger partial charge on any atom is -0.481 e. The average Bonchev–Trinajstić information content (AvgIpc) is 2.32. The Morgan fingerprint density at radius 3 is 2.67 bits per heavy atom. The van der Waals surface area contributed by atoms with Gasteiger partial charge in [-0.2, -0.15) is 0 Å². The molecule has 1 unspecified atom stereocenters. The van der Waals surface area contributed by atoms with Crippen LogP contribution in [0.15, 0.2) is 0 Å². The lowest BCUT2D eigenvalue weighted by Gasteiger charge is -2.23. The van der Waals surface area contributed by atoms with Crippen LogP contribution in [0.5, 0.6) is 0 Å². The fourth-order valence-corrected chi connectivity index (χ4v) is 1.81. The zero-order valence-electron chi connectivity index (χ0n) is 7.29. The van der Waals surface area contributed by atoms with E-state index < -0.39 is 5.97 Å². The summed E-state index contributed by atoms with van der Waals surface area (Å²) in [5.74, 6) is -0.820. The maximum absolute atomic E-state index is 10.5. The maximum atomic E-state index is 10.5. The molecule has 1 saturated heterocycles. The van der Waals surface area contributed by atoms with Crippen LogP contribution in [-0.2, 0) is 4.79 Å². The van der Waals surface area contributed by atoms with Crippen LogP contribution in [0, 0.1) is 5.41 Å². The first-order valence-corrected chi connectivity index (χ1v) is 4.09. The molecule has 70 valence electrons. The monoisotopic (exact) mass is 173 g/mol. The third kappa shape index (κ3) is 1.95. The molecule has 0 saturated carbocycles. The first-order valence-electron chi connectivity index (χ1n) is 4.09. The number of carbonyl (C=O) groups is 1. The van der Waals surface area contributed by atoms with Crippen molar-refractivity contribution in [1.82, 2.24) is 4.90 Å². The minimum absolute atomic E-state index is 0.0242. The highest BCUT2D eigenvalue weighted by Gasteiger charge is 2.37. The van der Waals surface area contributed by atoms with Gasteiger partial charge in [-0.3, -0.25) is 4.79 Å². The molecule has 2 N–H and O–H groups in total. The standard InChI is InChI=1S/C8H15NO3/c1-9-3-2-8(5-9,6-10)4-7(11)12/h10H,2-6H2,1H3,(H,11,12). The van der Waals surface area contributed by atoms with Crippen LogP contribution in [0.2, 0.25) is 0 Å². The average molecular weight is 173 g/mol. The topological polar surface area (TPSA) is 60.8 Å². The molecule has 1 atom stereocenters. The summed E-state index contributed by atoms with van der Waals surface area (Å²) < 4.78 is 0. The fraction of sp³-hybridized carbons (Fsp3) is 0.875. The molecule has 0 bridgehead atoms. The Hall–Kier alpha value is -0.610. The molecule has 0 radical (unpaired) electrons. The zero-order chi connectivity index (χ0) is 9.19. The van der Waals surface area contributed by atoms with Crippen LogP contribution in [-0.4, -0.2) is 47.8 Å². The summed E-state index contributed by atoms with van der Waals surface area (Å²) in [7, 11) is 1.94. The molecule has 1 heterocycles. The van der Waals surface area contributed by atoms with E-state index in [1.54, 1.807) is 0 Å². The van der Waals surface area contributed by atoms with Crippen LogP contribution < -0.4 is 0 Å². The van der Waals surface area contributed by atoms with Crippen LogP contribution >= 0.6 is 0 Å². The number of hydrogen-bond donors (Lipinski definition) is 2. The van der Waals surface area contributed by atoms with Crippen molar-refractivity contribution in [1.29, 1.82) is 0 Å². The second-order valence-corrected chi connectivity index (χ2v) is 3.72. The third-order valence-electron chi connectivity index (χ3n) is 2.49. The quantitative estimate of drug-likeness (QED) is 0.619. The van der Waals surface area contributed by atoms with Gasteiger partial charge in [0.15, 0.2) is 0 Å². The van der Waals surface area contributed by atoms with Crippen LogP contribution in [0.3, 0.4) is 0 Å². The highest BCUT2D eigenvalue weighted by Crippen LogP contribution is 2.32. The summed E-state index contributed by atoms with van der Waals surface area (Å²) in [5, 5.41) is 17.7. The number of carboxylic acids is 1. The number of likely N-dealkylation sites (tertiary alicyclic amines) is 1. The van der Waals surface area contributed by atoms with E-state index in [1.165, 1.54) is 0 Å². The largest absolute Gasteiger partial charge is 0.481 e. The molecular weight excluding hydrogens is 158 g/mol. The van der Waals surface area contributed by atoms with Gasteiger partial charge in [-0.05, 0) is 20.0 Å². The lowest BCUT2D eigenvalue weighted by Crippen LogP contribution is -2.31. The van der Waals surface area contributed by atoms with E-state index in [0.29, 0.717) is 6.54 Å². The normalized spacial score (nSPS) is 30.8. The molecular formula is C8H15NO3. The molecule has 0 aliphatic carbocycles. The predicted octanol–water partition coefficient (Wildman–Crippen LogP) is -0.225. The number of hydrogen-bond acceptors (Lipinski definition) is 3. The van der Waals surface area contributed by atoms with E-state index in [-0.39, 0.29) is 18.4 Å². The highest BCUT2D eigenvalue weighted by atomic mass is 16.4. The summed E-state index contributed by atoms with van der Waals surface area (Å²) in [6, 6.07) is 0. The van der Waals surface area contributed by atoms with E-state index in [1.807, 2.05) is 7.05 Å². The number of nitrogens with zero attached hydrogens (tertiary/aromatic N) is 1. The van der Waals surface area contributed by atoms with Gasteiger partial charge >= 0.3 is 5.97 Å². The summed E-state index contributed by atoms with van der Waals surface area (Å²) in [4.78, 5) is 12.6.